The summed E-state index contributed by atoms with van der Waals surface area (Å²) in [6.07, 6.45) is 0. The number of fused-ring (bicyclic) bond motifs is 1. The van der Waals surface area contributed by atoms with Crippen molar-refractivity contribution in [2.45, 2.75) is 26.4 Å². The highest BCUT2D eigenvalue weighted by atomic mass is 16.5. The number of carbonyl (C=O) groups excluding carboxylic acids is 1. The molecule has 0 saturated heterocycles. The molecular formula is C50H39NO7. The van der Waals surface area contributed by atoms with Crippen molar-refractivity contribution in [2.75, 3.05) is 5.32 Å². The average molecular weight is 766 g/mol. The van der Waals surface area contributed by atoms with Gasteiger partial charge in [-0.15, -0.1) is 0 Å². The van der Waals surface area contributed by atoms with Crippen LogP contribution in [0.1, 0.15) is 32.6 Å². The van der Waals surface area contributed by atoms with Crippen molar-refractivity contribution in [3.63, 3.8) is 0 Å². The van der Waals surface area contributed by atoms with Gasteiger partial charge in [-0.05, 0) is 70.8 Å². The molecule has 0 bridgehead atoms. The predicted octanol–water partition coefficient (Wildman–Crippen LogP) is 11.0. The monoisotopic (exact) mass is 765 g/mol. The summed E-state index contributed by atoms with van der Waals surface area (Å²) in [6.45, 7) is 1.16. The highest BCUT2D eigenvalue weighted by molar-refractivity contribution is 6.07. The lowest BCUT2D eigenvalue weighted by Gasteiger charge is -2.17. The van der Waals surface area contributed by atoms with Gasteiger partial charge in [0.15, 0.2) is 28.8 Å². The van der Waals surface area contributed by atoms with E-state index in [9.17, 15) is 9.59 Å². The average Bonchev–Trinajstić information content (AvgIpc) is 3.28. The Labute approximate surface area is 335 Å². The minimum atomic E-state index is -0.536. The van der Waals surface area contributed by atoms with Crippen molar-refractivity contribution in [3.05, 3.63) is 220 Å². The molecule has 8 nitrogen and oxygen atoms in total. The van der Waals surface area contributed by atoms with Crippen molar-refractivity contribution in [1.82, 2.24) is 0 Å². The number of carbonyl (C=O) groups is 1. The van der Waals surface area contributed by atoms with E-state index in [1.54, 1.807) is 60.7 Å². The van der Waals surface area contributed by atoms with Crippen LogP contribution in [0.25, 0.3) is 22.3 Å². The van der Waals surface area contributed by atoms with E-state index in [1.807, 2.05) is 121 Å². The molecule has 1 heterocycles. The van der Waals surface area contributed by atoms with Crippen LogP contribution in [0.3, 0.4) is 0 Å². The van der Waals surface area contributed by atoms with Gasteiger partial charge in [-0.1, -0.05) is 133 Å². The number of anilines is 1. The van der Waals surface area contributed by atoms with E-state index in [2.05, 4.69) is 5.32 Å². The van der Waals surface area contributed by atoms with Gasteiger partial charge >= 0.3 is 0 Å². The summed E-state index contributed by atoms with van der Waals surface area (Å²) < 4.78 is 31.5. The Balaban J connectivity index is 1.13. The zero-order valence-corrected chi connectivity index (χ0v) is 31.5. The molecule has 1 aromatic heterocycles. The lowest BCUT2D eigenvalue weighted by Crippen LogP contribution is -2.19. The first-order chi connectivity index (χ1) is 28.6. The number of rotatable bonds is 15. The fourth-order valence-corrected chi connectivity index (χ4v) is 6.35. The molecule has 7 aromatic carbocycles. The molecule has 1 amide bonds. The zero-order chi connectivity index (χ0) is 39.5. The quantitative estimate of drug-likeness (QED) is 0.111. The third-order valence-electron chi connectivity index (χ3n) is 9.40. The van der Waals surface area contributed by atoms with Gasteiger partial charge in [0.25, 0.3) is 5.91 Å². The topological polar surface area (TPSA) is 96.2 Å². The van der Waals surface area contributed by atoms with Crippen molar-refractivity contribution < 1.29 is 28.2 Å². The van der Waals surface area contributed by atoms with E-state index in [-0.39, 0.29) is 30.2 Å². The number of benzene rings is 7. The second-order valence-electron chi connectivity index (χ2n) is 13.5. The van der Waals surface area contributed by atoms with E-state index in [0.29, 0.717) is 52.7 Å². The van der Waals surface area contributed by atoms with E-state index >= 15 is 0 Å². The van der Waals surface area contributed by atoms with Gasteiger partial charge in [0, 0.05) is 11.1 Å². The first kappa shape index (κ1) is 37.3. The SMILES string of the molecule is O=C(Nc1c(-c2ccc(OCc3ccccc3)c(OCc3ccccc3)c2)oc2ccccc2c1=O)c1ccc(OCc2ccccc2)c(OCc2ccccc2)c1. The fraction of sp³-hybridized carbons (Fsp3) is 0.0800. The maximum Gasteiger partial charge on any atom is 0.256 e. The molecule has 8 heteroatoms. The minimum absolute atomic E-state index is 0.0215. The molecule has 0 unspecified atom stereocenters. The largest absolute Gasteiger partial charge is 0.485 e. The molecule has 286 valence electrons. The van der Waals surface area contributed by atoms with Crippen LogP contribution in [0.4, 0.5) is 5.69 Å². The van der Waals surface area contributed by atoms with Crippen LogP contribution in [-0.2, 0) is 26.4 Å². The minimum Gasteiger partial charge on any atom is -0.485 e. The normalized spacial score (nSPS) is 10.8. The van der Waals surface area contributed by atoms with Crippen molar-refractivity contribution in [3.8, 4) is 34.3 Å². The number of amides is 1. The number of hydrogen-bond acceptors (Lipinski definition) is 7. The van der Waals surface area contributed by atoms with Gasteiger partial charge < -0.3 is 28.7 Å². The Morgan fingerprint density at radius 3 is 1.41 bits per heavy atom. The van der Waals surface area contributed by atoms with Gasteiger partial charge in [0.05, 0.1) is 5.39 Å². The van der Waals surface area contributed by atoms with Gasteiger partial charge in [0.2, 0.25) is 5.43 Å². The molecule has 8 aromatic rings. The van der Waals surface area contributed by atoms with Crippen LogP contribution in [0.2, 0.25) is 0 Å². The molecule has 58 heavy (non-hydrogen) atoms. The van der Waals surface area contributed by atoms with Gasteiger partial charge in [-0.25, -0.2) is 0 Å². The lowest BCUT2D eigenvalue weighted by molar-refractivity contribution is 0.102. The van der Waals surface area contributed by atoms with Crippen LogP contribution in [0, 0.1) is 0 Å². The Morgan fingerprint density at radius 2 is 0.897 bits per heavy atom. The summed E-state index contributed by atoms with van der Waals surface area (Å²) in [6, 6.07) is 56.4. The van der Waals surface area contributed by atoms with Crippen LogP contribution >= 0.6 is 0 Å². The molecule has 0 radical (unpaired) electrons. The van der Waals surface area contributed by atoms with Crippen molar-refractivity contribution in [2.24, 2.45) is 0 Å². The third-order valence-corrected chi connectivity index (χ3v) is 9.40. The van der Waals surface area contributed by atoms with Crippen LogP contribution in [-0.4, -0.2) is 5.91 Å². The number of nitrogens with one attached hydrogen (secondary N) is 1. The highest BCUT2D eigenvalue weighted by Crippen LogP contribution is 2.38. The summed E-state index contributed by atoms with van der Waals surface area (Å²) in [5, 5.41) is 3.21. The molecule has 0 aliphatic heterocycles. The van der Waals surface area contributed by atoms with Crippen molar-refractivity contribution >= 4 is 22.6 Å². The van der Waals surface area contributed by atoms with Crippen LogP contribution in [0.15, 0.2) is 191 Å². The Kier molecular flexibility index (Phi) is 11.5. The smallest absolute Gasteiger partial charge is 0.256 e. The van der Waals surface area contributed by atoms with Crippen molar-refractivity contribution in [1.29, 1.82) is 0 Å². The Hall–Kier alpha value is -7.58. The summed E-state index contributed by atoms with van der Waals surface area (Å²) in [4.78, 5) is 28.4. The molecule has 0 aliphatic carbocycles. The van der Waals surface area contributed by atoms with Gasteiger partial charge in [0.1, 0.15) is 37.7 Å². The van der Waals surface area contributed by atoms with Gasteiger partial charge in [-0.3, -0.25) is 9.59 Å². The molecule has 0 aliphatic rings. The summed E-state index contributed by atoms with van der Waals surface area (Å²) >= 11 is 0. The maximum atomic E-state index is 14.2. The van der Waals surface area contributed by atoms with E-state index in [0.717, 1.165) is 22.3 Å². The lowest BCUT2D eigenvalue weighted by atomic mass is 10.1. The van der Waals surface area contributed by atoms with E-state index in [1.165, 1.54) is 0 Å². The molecule has 0 atom stereocenters. The first-order valence-corrected chi connectivity index (χ1v) is 18.9. The van der Waals surface area contributed by atoms with E-state index in [4.69, 9.17) is 23.4 Å². The Bertz CT molecular complexity index is 2680. The molecule has 0 spiro atoms. The number of ether oxygens (including phenoxy) is 4. The fourth-order valence-electron chi connectivity index (χ4n) is 6.35. The summed E-state index contributed by atoms with van der Waals surface area (Å²) in [5.74, 6) is 1.43. The molecule has 8 rings (SSSR count). The summed E-state index contributed by atoms with van der Waals surface area (Å²) in [5.41, 5.74) is 4.61. The zero-order valence-electron chi connectivity index (χ0n) is 31.5. The summed E-state index contributed by atoms with van der Waals surface area (Å²) in [7, 11) is 0. The van der Waals surface area contributed by atoms with Crippen LogP contribution < -0.4 is 29.7 Å². The number of hydrogen-bond donors (Lipinski definition) is 1. The van der Waals surface area contributed by atoms with E-state index < -0.39 is 11.3 Å². The standard InChI is InChI=1S/C50H39NO7/c52-48-41-23-13-14-24-42(41)58-49(39-25-27-43(54-31-35-15-5-1-6-16-35)45(29-39)56-33-37-19-9-3-10-20-37)47(48)51-50(53)40-26-28-44(55-32-36-17-7-2-8-18-36)46(30-40)57-34-38-21-11-4-12-22-38/h1-30H,31-34H2,(H,51,53). The predicted molar refractivity (Wildman–Crippen MR) is 225 cm³/mol. The molecule has 0 fully saturated rings. The molecule has 1 N–H and O–H groups in total. The second kappa shape index (κ2) is 17.9. The maximum absolute atomic E-state index is 14.2. The Morgan fingerprint density at radius 1 is 0.466 bits per heavy atom. The number of para-hydroxylation sites is 1. The first-order valence-electron chi connectivity index (χ1n) is 18.9. The molecular weight excluding hydrogens is 727 g/mol. The van der Waals surface area contributed by atoms with Crippen LogP contribution in [0.5, 0.6) is 23.0 Å². The second-order valence-corrected chi connectivity index (χ2v) is 13.5. The third kappa shape index (κ3) is 9.09. The highest BCUT2D eigenvalue weighted by Gasteiger charge is 2.22. The van der Waals surface area contributed by atoms with Gasteiger partial charge in [-0.2, -0.15) is 0 Å². The molecule has 0 saturated carbocycles.